The number of nitrogens with zero attached hydrogens (tertiary/aromatic N) is 1. The largest absolute Gasteiger partial charge is 0.315 e. The van der Waals surface area contributed by atoms with Crippen LogP contribution in [0.25, 0.3) is 0 Å². The maximum absolute atomic E-state index is 4.40. The molecule has 0 aliphatic carbocycles. The average molecular weight is 168 g/mol. The highest BCUT2D eigenvalue weighted by Gasteiger charge is 2.22. The number of hydrogen-bond donors (Lipinski definition) is 1. The van der Waals surface area contributed by atoms with Crippen molar-refractivity contribution in [3.63, 3.8) is 0 Å². The lowest BCUT2D eigenvalue weighted by atomic mass is 10.0. The second kappa shape index (κ2) is 2.57. The highest BCUT2D eigenvalue weighted by Crippen LogP contribution is 2.28. The van der Waals surface area contributed by atoms with Crippen LogP contribution in [0.2, 0.25) is 0 Å². The molecule has 60 valence electrons. The van der Waals surface area contributed by atoms with Crippen molar-refractivity contribution >= 4 is 11.3 Å². The highest BCUT2D eigenvalue weighted by atomic mass is 32.1. The minimum absolute atomic E-state index is 0.751. The Labute approximate surface area is 70.7 Å². The van der Waals surface area contributed by atoms with E-state index in [1.165, 1.54) is 15.6 Å². The molecule has 0 amide bonds. The summed E-state index contributed by atoms with van der Waals surface area (Å²) in [6, 6.07) is 0. The van der Waals surface area contributed by atoms with Gasteiger partial charge in [0.25, 0.3) is 0 Å². The zero-order valence-corrected chi connectivity index (χ0v) is 7.66. The van der Waals surface area contributed by atoms with E-state index in [-0.39, 0.29) is 0 Å². The fraction of sp³-hybridized carbons (Fsp3) is 0.625. The van der Waals surface area contributed by atoms with Crippen molar-refractivity contribution in [3.8, 4) is 0 Å². The molecule has 1 aromatic rings. The Morgan fingerprint density at radius 3 is 2.55 bits per heavy atom. The molecule has 1 fully saturated rings. The van der Waals surface area contributed by atoms with E-state index in [1.54, 1.807) is 0 Å². The van der Waals surface area contributed by atoms with Crippen LogP contribution in [0.3, 0.4) is 0 Å². The molecule has 1 aliphatic rings. The predicted molar refractivity (Wildman–Crippen MR) is 47.2 cm³/mol. The van der Waals surface area contributed by atoms with Gasteiger partial charge in [0.1, 0.15) is 0 Å². The van der Waals surface area contributed by atoms with E-state index < -0.39 is 0 Å². The molecule has 1 N–H and O–H groups in total. The third kappa shape index (κ3) is 1.19. The van der Waals surface area contributed by atoms with Gasteiger partial charge in [-0.25, -0.2) is 4.98 Å². The lowest BCUT2D eigenvalue weighted by Crippen LogP contribution is -2.39. The van der Waals surface area contributed by atoms with Crippen molar-refractivity contribution < 1.29 is 0 Å². The van der Waals surface area contributed by atoms with Crippen LogP contribution in [-0.2, 0) is 0 Å². The molecule has 1 aliphatic heterocycles. The SMILES string of the molecule is Cc1nc(C)c(C2CNC2)s1. The Bertz CT molecular complexity index is 263. The van der Waals surface area contributed by atoms with Crippen LogP contribution in [0, 0.1) is 13.8 Å². The molecular weight excluding hydrogens is 156 g/mol. The summed E-state index contributed by atoms with van der Waals surface area (Å²) in [5.74, 6) is 0.751. The third-order valence-corrected chi connectivity index (χ3v) is 3.33. The van der Waals surface area contributed by atoms with E-state index in [9.17, 15) is 0 Å². The van der Waals surface area contributed by atoms with Crippen molar-refractivity contribution in [3.05, 3.63) is 15.6 Å². The number of aryl methyl sites for hydroxylation is 2. The van der Waals surface area contributed by atoms with Crippen molar-refractivity contribution in [2.75, 3.05) is 13.1 Å². The number of hydrogen-bond acceptors (Lipinski definition) is 3. The summed E-state index contributed by atoms with van der Waals surface area (Å²) in [6.45, 7) is 6.47. The van der Waals surface area contributed by atoms with E-state index in [4.69, 9.17) is 0 Å². The van der Waals surface area contributed by atoms with Gasteiger partial charge in [-0.05, 0) is 13.8 Å². The molecule has 2 heterocycles. The van der Waals surface area contributed by atoms with E-state index in [0.29, 0.717) is 0 Å². The first-order valence-corrected chi connectivity index (χ1v) is 4.73. The van der Waals surface area contributed by atoms with Crippen LogP contribution in [0.1, 0.15) is 21.5 Å². The van der Waals surface area contributed by atoms with Crippen LogP contribution < -0.4 is 5.32 Å². The van der Waals surface area contributed by atoms with E-state index in [0.717, 1.165) is 19.0 Å². The Balaban J connectivity index is 2.28. The van der Waals surface area contributed by atoms with Crippen molar-refractivity contribution in [1.82, 2.24) is 10.3 Å². The first-order valence-electron chi connectivity index (χ1n) is 3.92. The number of aromatic nitrogens is 1. The molecule has 0 saturated carbocycles. The van der Waals surface area contributed by atoms with Crippen LogP contribution >= 0.6 is 11.3 Å². The van der Waals surface area contributed by atoms with Crippen molar-refractivity contribution in [2.24, 2.45) is 0 Å². The molecule has 0 radical (unpaired) electrons. The molecular formula is C8H12N2S. The fourth-order valence-corrected chi connectivity index (χ4v) is 2.43. The summed E-state index contributed by atoms with van der Waals surface area (Å²) in [4.78, 5) is 5.89. The summed E-state index contributed by atoms with van der Waals surface area (Å²) in [7, 11) is 0. The van der Waals surface area contributed by atoms with Crippen molar-refractivity contribution in [1.29, 1.82) is 0 Å². The molecule has 11 heavy (non-hydrogen) atoms. The molecule has 0 spiro atoms. The van der Waals surface area contributed by atoms with Crippen LogP contribution in [0.4, 0.5) is 0 Å². The minimum Gasteiger partial charge on any atom is -0.315 e. The van der Waals surface area contributed by atoms with E-state index in [2.05, 4.69) is 24.1 Å². The first-order chi connectivity index (χ1) is 5.27. The smallest absolute Gasteiger partial charge is 0.0900 e. The molecule has 0 bridgehead atoms. The zero-order chi connectivity index (χ0) is 7.84. The summed E-state index contributed by atoms with van der Waals surface area (Å²) >= 11 is 1.85. The number of thiazole rings is 1. The summed E-state index contributed by atoms with van der Waals surface area (Å²) in [5.41, 5.74) is 1.24. The van der Waals surface area contributed by atoms with Gasteiger partial charge < -0.3 is 5.32 Å². The normalized spacial score (nSPS) is 18.4. The van der Waals surface area contributed by atoms with Crippen molar-refractivity contribution in [2.45, 2.75) is 19.8 Å². The Morgan fingerprint density at radius 2 is 2.18 bits per heavy atom. The summed E-state index contributed by atoms with van der Waals surface area (Å²) in [6.07, 6.45) is 0. The predicted octanol–water partition coefficient (Wildman–Crippen LogP) is 1.45. The molecule has 2 nitrogen and oxygen atoms in total. The van der Waals surface area contributed by atoms with Gasteiger partial charge in [-0.3, -0.25) is 0 Å². The molecule has 3 heteroatoms. The molecule has 0 unspecified atom stereocenters. The lowest BCUT2D eigenvalue weighted by molar-refractivity contribution is 0.452. The van der Waals surface area contributed by atoms with Crippen LogP contribution in [-0.4, -0.2) is 18.1 Å². The second-order valence-corrected chi connectivity index (χ2v) is 4.27. The Morgan fingerprint density at radius 1 is 1.45 bits per heavy atom. The van der Waals surface area contributed by atoms with Gasteiger partial charge in [0.05, 0.1) is 10.7 Å². The Kier molecular flexibility index (Phi) is 1.69. The molecule has 1 saturated heterocycles. The number of rotatable bonds is 1. The van der Waals surface area contributed by atoms with E-state index in [1.807, 2.05) is 11.3 Å². The first kappa shape index (κ1) is 7.25. The summed E-state index contributed by atoms with van der Waals surface area (Å²) in [5, 5.41) is 4.47. The topological polar surface area (TPSA) is 24.9 Å². The maximum atomic E-state index is 4.40. The van der Waals surface area contributed by atoms with Gasteiger partial charge in [-0.2, -0.15) is 0 Å². The Hall–Kier alpha value is -0.410. The van der Waals surface area contributed by atoms with Gasteiger partial charge in [0.2, 0.25) is 0 Å². The van der Waals surface area contributed by atoms with Crippen LogP contribution in [0.15, 0.2) is 0 Å². The van der Waals surface area contributed by atoms with Gasteiger partial charge in [-0.1, -0.05) is 0 Å². The van der Waals surface area contributed by atoms with E-state index >= 15 is 0 Å². The molecule has 0 atom stereocenters. The van der Waals surface area contributed by atoms with Crippen LogP contribution in [0.5, 0.6) is 0 Å². The molecule has 1 aromatic heterocycles. The molecule has 0 aromatic carbocycles. The lowest BCUT2D eigenvalue weighted by Gasteiger charge is -2.26. The van der Waals surface area contributed by atoms with Gasteiger partial charge in [0.15, 0.2) is 0 Å². The van der Waals surface area contributed by atoms with Gasteiger partial charge >= 0.3 is 0 Å². The second-order valence-electron chi connectivity index (χ2n) is 3.04. The monoisotopic (exact) mass is 168 g/mol. The van der Waals surface area contributed by atoms with Gasteiger partial charge in [-0.15, -0.1) is 11.3 Å². The fourth-order valence-electron chi connectivity index (χ4n) is 1.40. The zero-order valence-electron chi connectivity index (χ0n) is 6.85. The maximum Gasteiger partial charge on any atom is 0.0900 e. The third-order valence-electron chi connectivity index (χ3n) is 2.09. The highest BCUT2D eigenvalue weighted by molar-refractivity contribution is 7.11. The average Bonchev–Trinajstić information content (AvgIpc) is 2.07. The standard InChI is InChI=1S/C8H12N2S/c1-5-8(7-3-9-4-7)11-6(2)10-5/h7,9H,3-4H2,1-2H3. The van der Waals surface area contributed by atoms with Gasteiger partial charge in [0, 0.05) is 23.9 Å². The minimum atomic E-state index is 0.751. The quantitative estimate of drug-likeness (QED) is 0.686. The number of nitrogens with one attached hydrogen (secondary N) is 1. The summed E-state index contributed by atoms with van der Waals surface area (Å²) < 4.78 is 0. The molecule has 2 rings (SSSR count).